The van der Waals surface area contributed by atoms with Crippen LogP contribution in [0.1, 0.15) is 15.9 Å². The maximum atomic E-state index is 13.6. The van der Waals surface area contributed by atoms with E-state index < -0.39 is 5.82 Å². The van der Waals surface area contributed by atoms with Crippen LogP contribution in [0.5, 0.6) is 0 Å². The van der Waals surface area contributed by atoms with Gasteiger partial charge in [0.25, 0.3) is 11.7 Å². The van der Waals surface area contributed by atoms with Crippen molar-refractivity contribution in [1.82, 2.24) is 24.5 Å². The number of hydrogen-bond acceptors (Lipinski definition) is 5. The van der Waals surface area contributed by atoms with Gasteiger partial charge in [-0.25, -0.2) is 9.37 Å². The Hall–Kier alpha value is -3.23. The van der Waals surface area contributed by atoms with E-state index in [-0.39, 0.29) is 5.91 Å². The van der Waals surface area contributed by atoms with Crippen molar-refractivity contribution < 1.29 is 9.18 Å². The third kappa shape index (κ3) is 4.12. The number of nitrogens with zero attached hydrogens (tertiary/aromatic N) is 6. The van der Waals surface area contributed by atoms with E-state index in [1.54, 1.807) is 52.9 Å². The zero-order chi connectivity index (χ0) is 23.1. The zero-order valence-corrected chi connectivity index (χ0v) is 19.2. The second kappa shape index (κ2) is 8.61. The average molecular weight is 485 g/mol. The minimum Gasteiger partial charge on any atom is -0.336 e. The Kier molecular flexibility index (Phi) is 5.64. The normalized spacial score (nSPS) is 14.2. The minimum absolute atomic E-state index is 0.172. The van der Waals surface area contributed by atoms with Gasteiger partial charge in [0.15, 0.2) is 0 Å². The number of amides is 1. The molecular formula is C23H19Cl2FN6O. The number of halogens is 3. The number of fused-ring (bicyclic) bond motifs is 1. The molecule has 1 amide bonds. The minimum atomic E-state index is -0.417. The first-order valence-electron chi connectivity index (χ1n) is 10.4. The number of piperazine rings is 1. The van der Waals surface area contributed by atoms with Crippen molar-refractivity contribution in [2.45, 2.75) is 6.92 Å². The Bertz CT molecular complexity index is 1370. The molecule has 1 aliphatic heterocycles. The van der Waals surface area contributed by atoms with Crippen molar-refractivity contribution >= 4 is 40.8 Å². The molecule has 3 heterocycles. The lowest BCUT2D eigenvalue weighted by Gasteiger charge is -2.34. The van der Waals surface area contributed by atoms with E-state index in [1.165, 1.54) is 12.1 Å². The second-order valence-corrected chi connectivity index (χ2v) is 8.66. The summed E-state index contributed by atoms with van der Waals surface area (Å²) in [5.41, 5.74) is 2.60. The molecule has 0 saturated carbocycles. The highest BCUT2D eigenvalue weighted by Crippen LogP contribution is 2.30. The van der Waals surface area contributed by atoms with Crippen LogP contribution in [0.2, 0.25) is 10.0 Å². The van der Waals surface area contributed by atoms with E-state index in [1.807, 2.05) is 4.90 Å². The highest BCUT2D eigenvalue weighted by atomic mass is 35.5. The molecule has 1 fully saturated rings. The summed E-state index contributed by atoms with van der Waals surface area (Å²) in [4.78, 5) is 25.5. The maximum absolute atomic E-state index is 13.6. The molecule has 5 rings (SSSR count). The smallest absolute Gasteiger partial charge is 0.254 e. The molecule has 0 radical (unpaired) electrons. The van der Waals surface area contributed by atoms with Crippen LogP contribution in [0.4, 0.5) is 10.3 Å². The van der Waals surface area contributed by atoms with E-state index >= 15 is 0 Å². The molecule has 2 aromatic heterocycles. The summed E-state index contributed by atoms with van der Waals surface area (Å²) in [6, 6.07) is 11.3. The van der Waals surface area contributed by atoms with Crippen molar-refractivity contribution in [2.24, 2.45) is 0 Å². The fourth-order valence-corrected chi connectivity index (χ4v) is 4.31. The summed E-state index contributed by atoms with van der Waals surface area (Å²) < 4.78 is 15.3. The van der Waals surface area contributed by atoms with Crippen molar-refractivity contribution in [3.05, 3.63) is 75.7 Å². The van der Waals surface area contributed by atoms with Crippen LogP contribution in [0.25, 0.3) is 17.0 Å². The topological polar surface area (TPSA) is 66.6 Å². The van der Waals surface area contributed by atoms with Crippen molar-refractivity contribution in [1.29, 1.82) is 0 Å². The standard InChI is InChI=1S/C23H19Cl2FN6O/c1-14-2-4-16(26)13-17(14)21(33)30-8-10-31(11-9-30)23-28-22-27-7-6-20(32(22)29-23)18-12-15(24)3-5-19(18)25/h2-7,12-13H,8-11H2,1H3. The Balaban J connectivity index is 1.38. The van der Waals surface area contributed by atoms with Crippen LogP contribution in [0.3, 0.4) is 0 Å². The van der Waals surface area contributed by atoms with E-state index in [9.17, 15) is 9.18 Å². The summed E-state index contributed by atoms with van der Waals surface area (Å²) in [6.07, 6.45) is 1.65. The van der Waals surface area contributed by atoms with Gasteiger partial charge in [0.2, 0.25) is 5.95 Å². The number of rotatable bonds is 3. The first kappa shape index (κ1) is 21.6. The van der Waals surface area contributed by atoms with Gasteiger partial charge in [0, 0.05) is 48.5 Å². The lowest BCUT2D eigenvalue weighted by molar-refractivity contribution is 0.0745. The Labute approximate surface area is 199 Å². The van der Waals surface area contributed by atoms with Crippen LogP contribution >= 0.6 is 23.2 Å². The number of hydrogen-bond donors (Lipinski definition) is 0. The van der Waals surface area contributed by atoms with Crippen LogP contribution in [0, 0.1) is 12.7 Å². The molecule has 2 aromatic carbocycles. The monoisotopic (exact) mass is 484 g/mol. The number of aromatic nitrogens is 4. The molecular weight excluding hydrogens is 466 g/mol. The van der Waals surface area contributed by atoms with Gasteiger partial charge in [0.05, 0.1) is 10.7 Å². The van der Waals surface area contributed by atoms with E-state index in [0.717, 1.165) is 16.8 Å². The summed E-state index contributed by atoms with van der Waals surface area (Å²) in [5.74, 6) is 0.364. The summed E-state index contributed by atoms with van der Waals surface area (Å²) >= 11 is 12.6. The van der Waals surface area contributed by atoms with Gasteiger partial charge in [-0.1, -0.05) is 29.3 Å². The van der Waals surface area contributed by atoms with Crippen LogP contribution in [-0.4, -0.2) is 56.6 Å². The molecule has 0 bridgehead atoms. The first-order valence-corrected chi connectivity index (χ1v) is 11.1. The van der Waals surface area contributed by atoms with Gasteiger partial charge in [-0.05, 0) is 48.9 Å². The summed E-state index contributed by atoms with van der Waals surface area (Å²) in [7, 11) is 0. The molecule has 1 aliphatic rings. The molecule has 4 aromatic rings. The molecule has 1 saturated heterocycles. The first-order chi connectivity index (χ1) is 15.9. The number of carbonyl (C=O) groups is 1. The third-order valence-electron chi connectivity index (χ3n) is 5.71. The number of aryl methyl sites for hydroxylation is 1. The predicted octanol–water partition coefficient (Wildman–Crippen LogP) is 4.51. The molecule has 7 nitrogen and oxygen atoms in total. The van der Waals surface area contributed by atoms with Crippen LogP contribution in [0.15, 0.2) is 48.7 Å². The Morgan fingerprint density at radius 3 is 2.61 bits per heavy atom. The fourth-order valence-electron chi connectivity index (χ4n) is 3.92. The van der Waals surface area contributed by atoms with Crippen LogP contribution in [-0.2, 0) is 0 Å². The molecule has 10 heteroatoms. The lowest BCUT2D eigenvalue weighted by atomic mass is 10.1. The molecule has 0 spiro atoms. The average Bonchev–Trinajstić information content (AvgIpc) is 3.26. The van der Waals surface area contributed by atoms with Gasteiger partial charge in [-0.2, -0.15) is 9.50 Å². The number of benzene rings is 2. The van der Waals surface area contributed by atoms with Gasteiger partial charge >= 0.3 is 0 Å². The summed E-state index contributed by atoms with van der Waals surface area (Å²) in [6.45, 7) is 3.85. The number of anilines is 1. The number of carbonyl (C=O) groups excluding carboxylic acids is 1. The van der Waals surface area contributed by atoms with Gasteiger partial charge < -0.3 is 9.80 Å². The third-order valence-corrected chi connectivity index (χ3v) is 6.28. The SMILES string of the molecule is Cc1ccc(F)cc1C(=O)N1CCN(c2nc3nccc(-c4cc(Cl)ccc4Cl)n3n2)CC1. The zero-order valence-electron chi connectivity index (χ0n) is 17.7. The highest BCUT2D eigenvalue weighted by Gasteiger charge is 2.26. The van der Waals surface area contributed by atoms with E-state index in [0.29, 0.717) is 53.5 Å². The predicted molar refractivity (Wildman–Crippen MR) is 125 cm³/mol. The molecule has 33 heavy (non-hydrogen) atoms. The quantitative estimate of drug-likeness (QED) is 0.428. The molecule has 0 aliphatic carbocycles. The van der Waals surface area contributed by atoms with Gasteiger partial charge in [-0.3, -0.25) is 4.79 Å². The van der Waals surface area contributed by atoms with E-state index in [2.05, 4.69) is 15.1 Å². The van der Waals surface area contributed by atoms with Crippen molar-refractivity contribution in [3.8, 4) is 11.3 Å². The van der Waals surface area contributed by atoms with Crippen molar-refractivity contribution in [3.63, 3.8) is 0 Å². The lowest BCUT2D eigenvalue weighted by Crippen LogP contribution is -2.49. The molecule has 0 unspecified atom stereocenters. The molecule has 168 valence electrons. The fraction of sp³-hybridized carbons (Fsp3) is 0.217. The molecule has 0 atom stereocenters. The van der Waals surface area contributed by atoms with Crippen LogP contribution < -0.4 is 4.90 Å². The Morgan fingerprint density at radius 2 is 1.82 bits per heavy atom. The Morgan fingerprint density at radius 1 is 1.03 bits per heavy atom. The second-order valence-electron chi connectivity index (χ2n) is 7.82. The largest absolute Gasteiger partial charge is 0.336 e. The summed E-state index contributed by atoms with van der Waals surface area (Å²) in [5, 5.41) is 5.76. The highest BCUT2D eigenvalue weighted by molar-refractivity contribution is 6.35. The van der Waals surface area contributed by atoms with Crippen molar-refractivity contribution in [2.75, 3.05) is 31.1 Å². The van der Waals surface area contributed by atoms with Gasteiger partial charge in [-0.15, -0.1) is 5.10 Å². The maximum Gasteiger partial charge on any atom is 0.254 e. The van der Waals surface area contributed by atoms with E-state index in [4.69, 9.17) is 23.2 Å². The van der Waals surface area contributed by atoms with Gasteiger partial charge in [0.1, 0.15) is 5.82 Å². The molecule has 0 N–H and O–H groups in total.